The van der Waals surface area contributed by atoms with E-state index in [1.165, 1.54) is 44.5 Å². The maximum absolute atomic E-state index is 7.44. The first-order valence-electron chi connectivity index (χ1n) is 12.1. The third-order valence-corrected chi connectivity index (χ3v) is 6.23. The smallest absolute Gasteiger partial charge is 0.271 e. The van der Waals surface area contributed by atoms with E-state index in [-0.39, 0.29) is 10.8 Å². The van der Waals surface area contributed by atoms with Gasteiger partial charge in [0.2, 0.25) is 0 Å². The molecular formula is C32H36ClO2P. The first kappa shape index (κ1) is 28.1. The number of halogens is 1. The summed E-state index contributed by atoms with van der Waals surface area (Å²) in [5.41, 5.74) is 10.6. The highest BCUT2D eigenvalue weighted by Gasteiger charge is 2.21. The molecule has 0 amide bonds. The van der Waals surface area contributed by atoms with Crippen LogP contribution in [-0.4, -0.2) is 9.79 Å². The van der Waals surface area contributed by atoms with Gasteiger partial charge in [0.15, 0.2) is 0 Å². The van der Waals surface area contributed by atoms with Crippen molar-refractivity contribution >= 4 is 19.0 Å². The Morgan fingerprint density at radius 3 is 1.08 bits per heavy atom. The third-order valence-electron chi connectivity index (χ3n) is 6.23. The van der Waals surface area contributed by atoms with Gasteiger partial charge in [-0.05, 0) is 66.6 Å². The molecule has 4 aromatic rings. The zero-order chi connectivity index (χ0) is 26.5. The van der Waals surface area contributed by atoms with Crippen molar-refractivity contribution in [3.05, 3.63) is 108 Å². The molecule has 0 spiro atoms. The quantitative estimate of drug-likeness (QED) is 0.265. The molecule has 0 fully saturated rings. The largest absolute Gasteiger partial charge is 0.338 e. The molecule has 0 aliphatic rings. The van der Waals surface area contributed by atoms with Gasteiger partial charge in [0.1, 0.15) is 0 Å². The maximum Gasteiger partial charge on any atom is 0.271 e. The topological polar surface area (TPSA) is 40.5 Å². The predicted octanol–water partition coefficient (Wildman–Crippen LogP) is 9.72. The fourth-order valence-corrected chi connectivity index (χ4v) is 4.20. The Bertz CT molecular complexity index is 1170. The van der Waals surface area contributed by atoms with Gasteiger partial charge in [0.05, 0.1) is 0 Å². The van der Waals surface area contributed by atoms with Crippen LogP contribution in [-0.2, 0) is 10.8 Å². The second kappa shape index (κ2) is 11.7. The molecule has 4 rings (SSSR count). The van der Waals surface area contributed by atoms with Crippen LogP contribution < -0.4 is 0 Å². The van der Waals surface area contributed by atoms with Gasteiger partial charge < -0.3 is 9.79 Å². The molecule has 0 bridgehead atoms. The monoisotopic (exact) mass is 518 g/mol. The number of benzene rings is 4. The molecule has 0 saturated carbocycles. The fourth-order valence-electron chi connectivity index (χ4n) is 4.20. The molecule has 0 atom stereocenters. The van der Waals surface area contributed by atoms with Crippen molar-refractivity contribution in [2.75, 3.05) is 0 Å². The predicted molar refractivity (Wildman–Crippen MR) is 157 cm³/mol. The Morgan fingerprint density at radius 2 is 0.806 bits per heavy atom. The number of hydrogen-bond acceptors (Lipinski definition) is 2. The minimum atomic E-state index is -2.15. The van der Waals surface area contributed by atoms with Crippen molar-refractivity contribution in [1.82, 2.24) is 0 Å². The summed E-state index contributed by atoms with van der Waals surface area (Å²) in [6.07, 6.45) is 0. The van der Waals surface area contributed by atoms with Crippen LogP contribution in [0.3, 0.4) is 0 Å². The van der Waals surface area contributed by atoms with Gasteiger partial charge in [-0.25, -0.2) is 0 Å². The van der Waals surface area contributed by atoms with E-state index in [9.17, 15) is 0 Å². The summed E-state index contributed by atoms with van der Waals surface area (Å²) in [7, 11) is -2.15. The molecule has 0 heterocycles. The van der Waals surface area contributed by atoms with E-state index < -0.39 is 7.73 Å². The Morgan fingerprint density at radius 1 is 0.500 bits per heavy atom. The minimum absolute atomic E-state index is 0.0976. The van der Waals surface area contributed by atoms with E-state index in [2.05, 4.69) is 150 Å². The van der Waals surface area contributed by atoms with Crippen LogP contribution in [0.5, 0.6) is 0 Å². The number of rotatable bonds is 3. The molecule has 0 unspecified atom stereocenters. The van der Waals surface area contributed by atoms with Crippen LogP contribution in [0, 0.1) is 0 Å². The van der Waals surface area contributed by atoms with Crippen LogP contribution in [0.2, 0.25) is 0 Å². The van der Waals surface area contributed by atoms with Gasteiger partial charge in [0.25, 0.3) is 7.73 Å². The van der Waals surface area contributed by atoms with E-state index >= 15 is 0 Å². The van der Waals surface area contributed by atoms with Gasteiger partial charge in [0, 0.05) is 0 Å². The molecule has 0 aliphatic heterocycles. The van der Waals surface area contributed by atoms with Crippen LogP contribution in [0.1, 0.15) is 52.7 Å². The lowest BCUT2D eigenvalue weighted by molar-refractivity contribution is 0.504. The van der Waals surface area contributed by atoms with Crippen molar-refractivity contribution < 1.29 is 9.79 Å². The maximum atomic E-state index is 7.44. The lowest BCUT2D eigenvalue weighted by Gasteiger charge is -2.24. The average Bonchev–Trinajstić information content (AvgIpc) is 2.83. The van der Waals surface area contributed by atoms with Crippen LogP contribution in [0.4, 0.5) is 0 Å². The highest BCUT2D eigenvalue weighted by molar-refractivity contribution is 7.74. The molecule has 0 radical (unpaired) electrons. The summed E-state index contributed by atoms with van der Waals surface area (Å²) >= 11 is 4.45. The first-order chi connectivity index (χ1) is 16.9. The first-order valence-corrected chi connectivity index (χ1v) is 14.3. The van der Waals surface area contributed by atoms with Gasteiger partial charge in [-0.3, -0.25) is 0 Å². The van der Waals surface area contributed by atoms with Crippen LogP contribution in [0.15, 0.2) is 97.1 Å². The molecule has 4 heteroatoms. The SMILES string of the molecule is CC(C)(C)c1ccc(-c2ccc(C(C)(C)C)cc2-c2ccccc2)c(-c2ccccc2)c1.OP(O)Cl. The summed E-state index contributed by atoms with van der Waals surface area (Å²) < 4.78 is 0. The minimum Gasteiger partial charge on any atom is -0.338 e. The summed E-state index contributed by atoms with van der Waals surface area (Å²) in [5.74, 6) is 0. The Balaban J connectivity index is 0.000000840. The number of hydrogen-bond donors (Lipinski definition) is 2. The Kier molecular flexibility index (Phi) is 9.14. The van der Waals surface area contributed by atoms with E-state index in [1.54, 1.807) is 0 Å². The molecule has 0 aromatic heterocycles. The zero-order valence-corrected chi connectivity index (χ0v) is 23.6. The molecule has 4 aromatic carbocycles. The van der Waals surface area contributed by atoms with Gasteiger partial charge in [-0.2, -0.15) is 0 Å². The molecule has 2 nitrogen and oxygen atoms in total. The Hall–Kier alpha value is -2.48. The van der Waals surface area contributed by atoms with Gasteiger partial charge in [-0.15, -0.1) is 0 Å². The second-order valence-electron chi connectivity index (χ2n) is 11.0. The van der Waals surface area contributed by atoms with E-state index in [1.807, 2.05) is 0 Å². The second-order valence-corrected chi connectivity index (χ2v) is 12.4. The van der Waals surface area contributed by atoms with Gasteiger partial charge in [-0.1, -0.05) is 139 Å². The standard InChI is InChI=1S/C32H34.ClH2O2P/c1-31(2,3)25-17-19-27(29(21-25)23-13-9-7-10-14-23)28-20-18-26(32(4,5)6)22-30(28)24-15-11-8-12-16-24;1-4(2)3/h7-22H,1-6H3;2-3H. The highest BCUT2D eigenvalue weighted by Crippen LogP contribution is 2.41. The van der Waals surface area contributed by atoms with E-state index in [0.29, 0.717) is 0 Å². The van der Waals surface area contributed by atoms with Crippen molar-refractivity contribution in [3.8, 4) is 33.4 Å². The third kappa shape index (κ3) is 7.28. The highest BCUT2D eigenvalue weighted by atomic mass is 35.7. The van der Waals surface area contributed by atoms with Crippen molar-refractivity contribution in [2.45, 2.75) is 52.4 Å². The lowest BCUT2D eigenvalue weighted by atomic mass is 9.80. The van der Waals surface area contributed by atoms with Crippen LogP contribution >= 0.6 is 19.0 Å². The Labute approximate surface area is 222 Å². The van der Waals surface area contributed by atoms with E-state index in [0.717, 1.165) is 0 Å². The molecule has 0 aliphatic carbocycles. The molecule has 188 valence electrons. The molecule has 0 saturated heterocycles. The normalized spacial score (nSPS) is 11.7. The van der Waals surface area contributed by atoms with Crippen LogP contribution in [0.25, 0.3) is 33.4 Å². The van der Waals surface area contributed by atoms with Crippen molar-refractivity contribution in [1.29, 1.82) is 0 Å². The molecular weight excluding hydrogens is 483 g/mol. The van der Waals surface area contributed by atoms with Gasteiger partial charge >= 0.3 is 0 Å². The lowest BCUT2D eigenvalue weighted by Crippen LogP contribution is -2.12. The zero-order valence-electron chi connectivity index (χ0n) is 22.0. The molecule has 36 heavy (non-hydrogen) atoms. The molecule has 2 N–H and O–H groups in total. The average molecular weight is 519 g/mol. The summed E-state index contributed by atoms with van der Waals surface area (Å²) in [5, 5.41) is 0. The van der Waals surface area contributed by atoms with Crippen molar-refractivity contribution in [3.63, 3.8) is 0 Å². The summed E-state index contributed by atoms with van der Waals surface area (Å²) in [6, 6.07) is 35.6. The summed E-state index contributed by atoms with van der Waals surface area (Å²) in [4.78, 5) is 14.9. The van der Waals surface area contributed by atoms with Crippen molar-refractivity contribution in [2.24, 2.45) is 0 Å². The van der Waals surface area contributed by atoms with E-state index in [4.69, 9.17) is 9.79 Å². The fraction of sp³-hybridized carbons (Fsp3) is 0.250. The summed E-state index contributed by atoms with van der Waals surface area (Å²) in [6.45, 7) is 13.7.